The van der Waals surface area contributed by atoms with Crippen molar-refractivity contribution < 1.29 is 4.79 Å². The molecule has 1 aromatic rings. The lowest BCUT2D eigenvalue weighted by molar-refractivity contribution is 0.100. The van der Waals surface area contributed by atoms with Gasteiger partial charge in [-0.15, -0.1) is 0 Å². The van der Waals surface area contributed by atoms with Gasteiger partial charge >= 0.3 is 0 Å². The van der Waals surface area contributed by atoms with E-state index in [1.54, 1.807) is 6.07 Å². The van der Waals surface area contributed by atoms with Crippen LogP contribution in [0.1, 0.15) is 34.7 Å². The number of primary amides is 1. The monoisotopic (exact) mass is 176 g/mol. The molecule has 0 aromatic heterocycles. The molecule has 0 heterocycles. The van der Waals surface area contributed by atoms with Crippen molar-refractivity contribution in [1.82, 2.24) is 0 Å². The molecule has 0 aliphatic heterocycles. The molecule has 3 heteroatoms. The Balaban J connectivity index is 2.47. The maximum Gasteiger partial charge on any atom is 0.250 e. The molecule has 1 aliphatic carbocycles. The van der Waals surface area contributed by atoms with Crippen LogP contribution in [0.25, 0.3) is 0 Å². The molecular formula is C10H12N2O. The molecule has 1 aliphatic rings. The second-order valence-electron chi connectivity index (χ2n) is 3.45. The first kappa shape index (κ1) is 8.10. The summed E-state index contributed by atoms with van der Waals surface area (Å²) < 4.78 is 0. The van der Waals surface area contributed by atoms with Crippen molar-refractivity contribution >= 4 is 11.6 Å². The van der Waals surface area contributed by atoms with Crippen molar-refractivity contribution in [3.8, 4) is 0 Å². The van der Waals surface area contributed by atoms with Gasteiger partial charge in [-0.2, -0.15) is 0 Å². The summed E-state index contributed by atoms with van der Waals surface area (Å²) in [5.74, 6) is 0.110. The second kappa shape index (κ2) is 2.76. The van der Waals surface area contributed by atoms with Gasteiger partial charge in [0.15, 0.2) is 0 Å². The summed E-state index contributed by atoms with van der Waals surface area (Å²) in [4.78, 5) is 11.0. The zero-order valence-electron chi connectivity index (χ0n) is 7.29. The van der Waals surface area contributed by atoms with E-state index in [9.17, 15) is 4.79 Å². The van der Waals surface area contributed by atoms with E-state index in [0.717, 1.165) is 5.56 Å². The van der Waals surface area contributed by atoms with Gasteiger partial charge in [0, 0.05) is 5.69 Å². The third kappa shape index (κ3) is 1.37. The van der Waals surface area contributed by atoms with Crippen LogP contribution >= 0.6 is 0 Å². The Hall–Kier alpha value is -1.51. The van der Waals surface area contributed by atoms with Gasteiger partial charge in [0.1, 0.15) is 0 Å². The molecule has 13 heavy (non-hydrogen) atoms. The fraction of sp³-hybridized carbons (Fsp3) is 0.300. The van der Waals surface area contributed by atoms with Crippen molar-refractivity contribution in [2.75, 3.05) is 5.73 Å². The van der Waals surface area contributed by atoms with Crippen molar-refractivity contribution in [3.05, 3.63) is 29.3 Å². The smallest absolute Gasteiger partial charge is 0.250 e. The highest BCUT2D eigenvalue weighted by atomic mass is 16.1. The topological polar surface area (TPSA) is 69.1 Å². The molecule has 0 unspecified atom stereocenters. The maximum absolute atomic E-state index is 11.0. The molecule has 1 aromatic carbocycles. The largest absolute Gasteiger partial charge is 0.398 e. The van der Waals surface area contributed by atoms with Gasteiger partial charge in [0.25, 0.3) is 5.91 Å². The van der Waals surface area contributed by atoms with E-state index in [1.807, 2.05) is 12.1 Å². The molecule has 1 saturated carbocycles. The molecule has 0 bridgehead atoms. The molecule has 4 N–H and O–H groups in total. The third-order valence-corrected chi connectivity index (χ3v) is 2.42. The summed E-state index contributed by atoms with van der Waals surface area (Å²) in [6.07, 6.45) is 2.35. The molecule has 0 atom stereocenters. The van der Waals surface area contributed by atoms with Gasteiger partial charge in [-0.05, 0) is 30.4 Å². The second-order valence-corrected chi connectivity index (χ2v) is 3.45. The van der Waals surface area contributed by atoms with Crippen LogP contribution in [0, 0.1) is 0 Å². The Kier molecular flexibility index (Phi) is 1.72. The molecule has 1 amide bonds. The average Bonchev–Trinajstić information content (AvgIpc) is 2.87. The molecule has 1 fully saturated rings. The van der Waals surface area contributed by atoms with Crippen molar-refractivity contribution in [2.24, 2.45) is 5.73 Å². The zero-order chi connectivity index (χ0) is 9.42. The molecule has 68 valence electrons. The number of anilines is 1. The predicted molar refractivity (Wildman–Crippen MR) is 51.3 cm³/mol. The maximum atomic E-state index is 11.0. The van der Waals surface area contributed by atoms with Crippen LogP contribution in [0.15, 0.2) is 18.2 Å². The lowest BCUT2D eigenvalue weighted by Gasteiger charge is -2.06. The predicted octanol–water partition coefficient (Wildman–Crippen LogP) is 1.25. The van der Waals surface area contributed by atoms with E-state index >= 15 is 0 Å². The Bertz CT molecular complexity index is 356. The summed E-state index contributed by atoms with van der Waals surface area (Å²) in [5.41, 5.74) is 13.1. The van der Waals surface area contributed by atoms with Gasteiger partial charge < -0.3 is 11.5 Å². The molecule has 3 nitrogen and oxygen atoms in total. The SMILES string of the molecule is NC(=O)c1cccc(C2CC2)c1N. The highest BCUT2D eigenvalue weighted by Crippen LogP contribution is 2.43. The van der Waals surface area contributed by atoms with E-state index < -0.39 is 5.91 Å². The van der Waals surface area contributed by atoms with E-state index in [4.69, 9.17) is 11.5 Å². The minimum Gasteiger partial charge on any atom is -0.398 e. The normalized spacial score (nSPS) is 15.7. The third-order valence-electron chi connectivity index (χ3n) is 2.42. The first-order chi connectivity index (χ1) is 6.20. The minimum absolute atomic E-state index is 0.444. The summed E-state index contributed by atoms with van der Waals surface area (Å²) in [6.45, 7) is 0. The van der Waals surface area contributed by atoms with Crippen LogP contribution in [0.2, 0.25) is 0 Å². The number of hydrogen-bond donors (Lipinski definition) is 2. The molecule has 0 radical (unpaired) electrons. The number of nitrogens with two attached hydrogens (primary N) is 2. The van der Waals surface area contributed by atoms with E-state index in [2.05, 4.69) is 0 Å². The Morgan fingerprint density at radius 3 is 2.62 bits per heavy atom. The molecule has 2 rings (SSSR count). The Labute approximate surface area is 76.7 Å². The number of hydrogen-bond acceptors (Lipinski definition) is 2. The lowest BCUT2D eigenvalue weighted by atomic mass is 10.0. The number of benzene rings is 1. The molecule has 0 saturated heterocycles. The van der Waals surface area contributed by atoms with Crippen LogP contribution in [-0.4, -0.2) is 5.91 Å². The van der Waals surface area contributed by atoms with Crippen LogP contribution in [-0.2, 0) is 0 Å². The van der Waals surface area contributed by atoms with Crippen molar-refractivity contribution in [1.29, 1.82) is 0 Å². The standard InChI is InChI=1S/C10H12N2O/c11-9-7(6-4-5-6)2-1-3-8(9)10(12)13/h1-3,6H,4-5,11H2,(H2,12,13). The average molecular weight is 176 g/mol. The fourth-order valence-corrected chi connectivity index (χ4v) is 1.55. The Morgan fingerprint density at radius 1 is 1.38 bits per heavy atom. The zero-order valence-corrected chi connectivity index (χ0v) is 7.29. The number of amides is 1. The van der Waals surface area contributed by atoms with E-state index in [0.29, 0.717) is 17.2 Å². The first-order valence-electron chi connectivity index (χ1n) is 4.38. The van der Waals surface area contributed by atoms with Gasteiger partial charge in [-0.3, -0.25) is 4.79 Å². The summed E-state index contributed by atoms with van der Waals surface area (Å²) in [5, 5.41) is 0. The van der Waals surface area contributed by atoms with Gasteiger partial charge in [-0.25, -0.2) is 0 Å². The summed E-state index contributed by atoms with van der Waals surface area (Å²) in [7, 11) is 0. The van der Waals surface area contributed by atoms with Gasteiger partial charge in [0.2, 0.25) is 0 Å². The fourth-order valence-electron chi connectivity index (χ4n) is 1.55. The quantitative estimate of drug-likeness (QED) is 0.666. The van der Waals surface area contributed by atoms with Gasteiger partial charge in [0.05, 0.1) is 5.56 Å². The summed E-state index contributed by atoms with van der Waals surface area (Å²) in [6, 6.07) is 5.48. The van der Waals surface area contributed by atoms with Crippen LogP contribution < -0.4 is 11.5 Å². The van der Waals surface area contributed by atoms with E-state index in [-0.39, 0.29) is 0 Å². The highest BCUT2D eigenvalue weighted by molar-refractivity contribution is 5.98. The molecular weight excluding hydrogens is 164 g/mol. The number of para-hydroxylation sites is 1. The van der Waals surface area contributed by atoms with Crippen LogP contribution in [0.5, 0.6) is 0 Å². The minimum atomic E-state index is -0.444. The number of carbonyl (C=O) groups excluding carboxylic acids is 1. The number of rotatable bonds is 2. The highest BCUT2D eigenvalue weighted by Gasteiger charge is 2.26. The van der Waals surface area contributed by atoms with Crippen LogP contribution in [0.4, 0.5) is 5.69 Å². The van der Waals surface area contributed by atoms with Crippen molar-refractivity contribution in [3.63, 3.8) is 0 Å². The first-order valence-corrected chi connectivity index (χ1v) is 4.38. The summed E-state index contributed by atoms with van der Waals surface area (Å²) >= 11 is 0. The van der Waals surface area contributed by atoms with Crippen LogP contribution in [0.3, 0.4) is 0 Å². The Morgan fingerprint density at radius 2 is 2.08 bits per heavy atom. The van der Waals surface area contributed by atoms with E-state index in [1.165, 1.54) is 12.8 Å². The molecule has 0 spiro atoms. The lowest BCUT2D eigenvalue weighted by Crippen LogP contribution is -2.14. The van der Waals surface area contributed by atoms with Crippen molar-refractivity contribution in [2.45, 2.75) is 18.8 Å². The number of carbonyl (C=O) groups is 1. The number of nitrogen functional groups attached to an aromatic ring is 1. The van der Waals surface area contributed by atoms with Gasteiger partial charge in [-0.1, -0.05) is 12.1 Å².